The molecular formula is C17H20N4O2S. The van der Waals surface area contributed by atoms with Gasteiger partial charge in [-0.05, 0) is 37.1 Å². The molecule has 1 amide bonds. The van der Waals surface area contributed by atoms with E-state index in [-0.39, 0.29) is 5.91 Å². The van der Waals surface area contributed by atoms with E-state index in [1.807, 2.05) is 4.57 Å². The highest BCUT2D eigenvalue weighted by molar-refractivity contribution is 7.16. The smallest absolute Gasteiger partial charge is 0.315 e. The van der Waals surface area contributed by atoms with Gasteiger partial charge in [0.2, 0.25) is 5.82 Å². The minimum absolute atomic E-state index is 0.332. The van der Waals surface area contributed by atoms with Crippen molar-refractivity contribution in [3.05, 3.63) is 46.3 Å². The molecule has 0 saturated carbocycles. The molecule has 7 heteroatoms. The molecule has 0 spiro atoms. The molecule has 0 fully saturated rings. The molecule has 0 aliphatic heterocycles. The lowest BCUT2D eigenvalue weighted by atomic mass is 10.1. The molecule has 0 atom stereocenters. The molecule has 1 aromatic carbocycles. The fourth-order valence-corrected chi connectivity index (χ4v) is 3.65. The molecule has 0 unspecified atom stereocenters. The highest BCUT2D eigenvalue weighted by Gasteiger charge is 2.13. The summed E-state index contributed by atoms with van der Waals surface area (Å²) < 4.78 is 10.0. The monoisotopic (exact) mass is 344 g/mol. The van der Waals surface area contributed by atoms with E-state index in [4.69, 9.17) is 4.74 Å². The Bertz CT molecular complexity index is 965. The number of methoxy groups -OCH3 is 1. The van der Waals surface area contributed by atoms with Crippen LogP contribution in [-0.2, 0) is 18.3 Å². The van der Waals surface area contributed by atoms with Crippen molar-refractivity contribution in [2.75, 3.05) is 13.7 Å². The Hall–Kier alpha value is -2.25. The van der Waals surface area contributed by atoms with Gasteiger partial charge < -0.3 is 13.9 Å². The SMILES string of the molecule is COCCn1c(=NC(=O)c2nccn2C)sc2cc(C)c(C)cc21. The van der Waals surface area contributed by atoms with Crippen LogP contribution >= 0.6 is 11.3 Å². The zero-order valence-corrected chi connectivity index (χ0v) is 15.1. The normalized spacial score (nSPS) is 12.2. The Morgan fingerprint density at radius 3 is 2.75 bits per heavy atom. The molecule has 2 aromatic heterocycles. The number of hydrogen-bond donors (Lipinski definition) is 0. The van der Waals surface area contributed by atoms with Crippen molar-refractivity contribution in [2.24, 2.45) is 12.0 Å². The Kier molecular flexibility index (Phi) is 4.64. The summed E-state index contributed by atoms with van der Waals surface area (Å²) in [6, 6.07) is 4.28. The van der Waals surface area contributed by atoms with Gasteiger partial charge in [0, 0.05) is 33.1 Å². The first-order chi connectivity index (χ1) is 11.5. The molecule has 126 valence electrons. The number of carbonyl (C=O) groups is 1. The number of carbonyl (C=O) groups excluding carboxylic acids is 1. The predicted octanol–water partition coefficient (Wildman–Crippen LogP) is 2.44. The zero-order valence-electron chi connectivity index (χ0n) is 14.2. The first-order valence-corrected chi connectivity index (χ1v) is 8.49. The lowest BCUT2D eigenvalue weighted by Gasteiger charge is -2.06. The quantitative estimate of drug-likeness (QED) is 0.730. The van der Waals surface area contributed by atoms with E-state index < -0.39 is 0 Å². The van der Waals surface area contributed by atoms with Crippen molar-refractivity contribution in [2.45, 2.75) is 20.4 Å². The summed E-state index contributed by atoms with van der Waals surface area (Å²) in [7, 11) is 3.45. The molecular weight excluding hydrogens is 324 g/mol. The standard InChI is InChI=1S/C17H20N4O2S/c1-11-9-13-14(10-12(11)2)24-17(21(13)7-8-23-4)19-16(22)15-18-5-6-20(15)3/h5-6,9-10H,7-8H2,1-4H3. The number of fused-ring (bicyclic) bond motifs is 1. The van der Waals surface area contributed by atoms with Crippen LogP contribution in [0.3, 0.4) is 0 Å². The molecule has 0 aliphatic rings. The zero-order chi connectivity index (χ0) is 17.3. The van der Waals surface area contributed by atoms with E-state index in [1.54, 1.807) is 31.1 Å². The van der Waals surface area contributed by atoms with Gasteiger partial charge in [-0.3, -0.25) is 4.79 Å². The van der Waals surface area contributed by atoms with Gasteiger partial charge in [0.15, 0.2) is 4.80 Å². The van der Waals surface area contributed by atoms with Crippen LogP contribution in [0.4, 0.5) is 0 Å². The van der Waals surface area contributed by atoms with Crippen molar-refractivity contribution in [3.63, 3.8) is 0 Å². The van der Waals surface area contributed by atoms with Gasteiger partial charge in [-0.2, -0.15) is 4.99 Å². The number of amides is 1. The molecule has 24 heavy (non-hydrogen) atoms. The highest BCUT2D eigenvalue weighted by atomic mass is 32.1. The van der Waals surface area contributed by atoms with Gasteiger partial charge in [0.1, 0.15) is 0 Å². The number of hydrogen-bond acceptors (Lipinski definition) is 4. The van der Waals surface area contributed by atoms with Gasteiger partial charge in [-0.1, -0.05) is 11.3 Å². The number of rotatable bonds is 4. The van der Waals surface area contributed by atoms with Gasteiger partial charge in [0.25, 0.3) is 0 Å². The Balaban J connectivity index is 2.17. The maximum atomic E-state index is 12.4. The lowest BCUT2D eigenvalue weighted by molar-refractivity contribution is 0.0984. The van der Waals surface area contributed by atoms with Crippen molar-refractivity contribution in [3.8, 4) is 0 Å². The number of ether oxygens (including phenoxy) is 1. The molecule has 0 saturated heterocycles. The number of imidazole rings is 1. The van der Waals surface area contributed by atoms with Crippen LogP contribution in [0.5, 0.6) is 0 Å². The number of aryl methyl sites for hydroxylation is 3. The predicted molar refractivity (Wildman–Crippen MR) is 94.3 cm³/mol. The second-order valence-corrected chi connectivity index (χ2v) is 6.72. The average Bonchev–Trinajstić information content (AvgIpc) is 3.10. The molecule has 0 aliphatic carbocycles. The summed E-state index contributed by atoms with van der Waals surface area (Å²) in [5, 5.41) is 0. The topological polar surface area (TPSA) is 61.4 Å². The Morgan fingerprint density at radius 1 is 1.33 bits per heavy atom. The molecule has 6 nitrogen and oxygen atoms in total. The summed E-state index contributed by atoms with van der Waals surface area (Å²) in [4.78, 5) is 21.5. The van der Waals surface area contributed by atoms with Gasteiger partial charge in [-0.15, -0.1) is 0 Å². The Morgan fingerprint density at radius 2 is 2.08 bits per heavy atom. The molecule has 2 heterocycles. The minimum Gasteiger partial charge on any atom is -0.383 e. The van der Waals surface area contributed by atoms with Crippen LogP contribution < -0.4 is 4.80 Å². The van der Waals surface area contributed by atoms with Crippen LogP contribution in [0.15, 0.2) is 29.5 Å². The second-order valence-electron chi connectivity index (χ2n) is 5.71. The van der Waals surface area contributed by atoms with Crippen LogP contribution in [0.2, 0.25) is 0 Å². The maximum Gasteiger partial charge on any atom is 0.315 e. The number of nitrogens with zero attached hydrogens (tertiary/aromatic N) is 4. The van der Waals surface area contributed by atoms with Gasteiger partial charge >= 0.3 is 5.91 Å². The first-order valence-electron chi connectivity index (χ1n) is 7.67. The third-order valence-electron chi connectivity index (χ3n) is 4.03. The van der Waals surface area contributed by atoms with E-state index in [1.165, 1.54) is 22.5 Å². The molecule has 0 bridgehead atoms. The van der Waals surface area contributed by atoms with E-state index in [0.29, 0.717) is 23.8 Å². The van der Waals surface area contributed by atoms with E-state index in [0.717, 1.165) is 10.2 Å². The van der Waals surface area contributed by atoms with Crippen LogP contribution in [0, 0.1) is 13.8 Å². The summed E-state index contributed by atoms with van der Waals surface area (Å²) >= 11 is 1.51. The molecule has 3 rings (SSSR count). The largest absolute Gasteiger partial charge is 0.383 e. The van der Waals surface area contributed by atoms with E-state index >= 15 is 0 Å². The van der Waals surface area contributed by atoms with E-state index in [2.05, 4.69) is 36.0 Å². The molecule has 3 aromatic rings. The number of benzene rings is 1. The maximum absolute atomic E-state index is 12.4. The first kappa shape index (κ1) is 16.6. The van der Waals surface area contributed by atoms with Gasteiger partial charge in [0.05, 0.1) is 16.8 Å². The average molecular weight is 344 g/mol. The van der Waals surface area contributed by atoms with Gasteiger partial charge in [-0.25, -0.2) is 4.98 Å². The highest BCUT2D eigenvalue weighted by Crippen LogP contribution is 2.22. The fourth-order valence-electron chi connectivity index (χ4n) is 2.51. The molecule has 0 N–H and O–H groups in total. The van der Waals surface area contributed by atoms with Crippen molar-refractivity contribution < 1.29 is 9.53 Å². The molecule has 0 radical (unpaired) electrons. The van der Waals surface area contributed by atoms with Crippen molar-refractivity contribution in [1.29, 1.82) is 0 Å². The third-order valence-corrected chi connectivity index (χ3v) is 5.07. The number of aromatic nitrogens is 3. The van der Waals surface area contributed by atoms with Crippen LogP contribution in [0.25, 0.3) is 10.2 Å². The minimum atomic E-state index is -0.339. The second kappa shape index (κ2) is 6.70. The van der Waals surface area contributed by atoms with Crippen LogP contribution in [0.1, 0.15) is 21.7 Å². The lowest BCUT2D eigenvalue weighted by Crippen LogP contribution is -2.20. The van der Waals surface area contributed by atoms with Crippen molar-refractivity contribution in [1.82, 2.24) is 14.1 Å². The van der Waals surface area contributed by atoms with Crippen molar-refractivity contribution >= 4 is 27.5 Å². The number of thiazole rings is 1. The fraction of sp³-hybridized carbons (Fsp3) is 0.353. The summed E-state index contributed by atoms with van der Waals surface area (Å²) in [5.74, 6) is -0.00762. The van der Waals surface area contributed by atoms with Crippen LogP contribution in [-0.4, -0.2) is 33.7 Å². The summed E-state index contributed by atoms with van der Waals surface area (Å²) in [5.41, 5.74) is 3.52. The third kappa shape index (κ3) is 3.05. The summed E-state index contributed by atoms with van der Waals surface area (Å²) in [6.45, 7) is 5.38. The Labute approximate surface area is 144 Å². The van der Waals surface area contributed by atoms with E-state index in [9.17, 15) is 4.79 Å². The summed E-state index contributed by atoms with van der Waals surface area (Å²) in [6.07, 6.45) is 3.33.